The molecule has 108 valence electrons. The Hall–Kier alpha value is -0.0700. The van der Waals surface area contributed by atoms with Gasteiger partial charge in [-0.05, 0) is 60.1 Å². The Bertz CT molecular complexity index is 523. The summed E-state index contributed by atoms with van der Waals surface area (Å²) in [6.07, 6.45) is 2.88. The summed E-state index contributed by atoms with van der Waals surface area (Å²) in [4.78, 5) is 12.8. The molecule has 1 aromatic rings. The van der Waals surface area contributed by atoms with Gasteiger partial charge in [0, 0.05) is 27.4 Å². The summed E-state index contributed by atoms with van der Waals surface area (Å²) in [6, 6.07) is 6.03. The summed E-state index contributed by atoms with van der Waals surface area (Å²) < 4.78 is 7.13. The smallest absolute Gasteiger partial charge is 0.167 e. The third-order valence-electron chi connectivity index (χ3n) is 4.39. The van der Waals surface area contributed by atoms with Crippen molar-refractivity contribution in [2.75, 3.05) is 18.1 Å². The molecule has 1 aromatic carbocycles. The van der Waals surface area contributed by atoms with E-state index in [0.29, 0.717) is 5.78 Å². The number of Topliss-reactive ketones (excluding diaryl/α,β-unsaturated/α-hetero) is 1. The van der Waals surface area contributed by atoms with Crippen LogP contribution < -0.4 is 0 Å². The second-order valence-electron chi connectivity index (χ2n) is 5.82. The van der Waals surface area contributed by atoms with Gasteiger partial charge in [0.15, 0.2) is 5.78 Å². The largest absolute Gasteiger partial charge is 0.374 e. The molecule has 2 nitrogen and oxygen atoms in total. The fraction of sp³-hybridized carbons (Fsp3) is 0.562. The quantitative estimate of drug-likeness (QED) is 0.551. The summed E-state index contributed by atoms with van der Waals surface area (Å²) >= 11 is 4.26. The second kappa shape index (κ2) is 5.97. The maximum Gasteiger partial charge on any atom is 0.167 e. The summed E-state index contributed by atoms with van der Waals surface area (Å²) in [5.74, 6) is 2.68. The fourth-order valence-electron chi connectivity index (χ4n) is 3.17. The van der Waals surface area contributed by atoms with Crippen LogP contribution in [0.1, 0.15) is 35.2 Å². The molecule has 2 aliphatic rings. The number of hydrogen-bond donors (Lipinski definition) is 0. The van der Waals surface area contributed by atoms with Crippen LogP contribution in [-0.2, 0) is 4.74 Å². The number of carbonyl (C=O) groups is 1. The molecule has 2 heterocycles. The standard InChI is InChI=1S/C16H19IO2S/c1-11-3-2-4-13(14(11)17)15(18)12-5-7-19-16(9-12)6-8-20-10-16/h2-4,12H,5-10H2,1H3. The van der Waals surface area contributed by atoms with Gasteiger partial charge >= 0.3 is 0 Å². The molecule has 20 heavy (non-hydrogen) atoms. The summed E-state index contributed by atoms with van der Waals surface area (Å²) in [7, 11) is 0. The van der Waals surface area contributed by atoms with Crippen molar-refractivity contribution in [1.29, 1.82) is 0 Å². The molecule has 2 fully saturated rings. The SMILES string of the molecule is Cc1cccc(C(=O)C2CCOC3(CCSC3)C2)c1I. The van der Waals surface area contributed by atoms with Crippen LogP contribution in [0, 0.1) is 16.4 Å². The van der Waals surface area contributed by atoms with E-state index >= 15 is 0 Å². The van der Waals surface area contributed by atoms with Gasteiger partial charge in [-0.15, -0.1) is 0 Å². The van der Waals surface area contributed by atoms with Crippen molar-refractivity contribution in [3.05, 3.63) is 32.9 Å². The Morgan fingerprint density at radius 1 is 1.50 bits per heavy atom. The zero-order valence-electron chi connectivity index (χ0n) is 11.7. The molecule has 2 unspecified atom stereocenters. The minimum atomic E-state index is -0.0154. The third-order valence-corrected chi connectivity index (χ3v) is 7.04. The Labute approximate surface area is 138 Å². The lowest BCUT2D eigenvalue weighted by molar-refractivity contribution is -0.0734. The number of ether oxygens (including phenoxy) is 1. The molecule has 0 radical (unpaired) electrons. The Morgan fingerprint density at radius 3 is 3.10 bits per heavy atom. The highest BCUT2D eigenvalue weighted by Crippen LogP contribution is 2.41. The first kappa shape index (κ1) is 14.9. The first-order valence-corrected chi connectivity index (χ1v) is 9.36. The topological polar surface area (TPSA) is 26.3 Å². The molecule has 2 aliphatic heterocycles. The van der Waals surface area contributed by atoms with Crippen molar-refractivity contribution in [2.45, 2.75) is 31.8 Å². The Balaban J connectivity index is 1.81. The van der Waals surface area contributed by atoms with Crippen molar-refractivity contribution in [2.24, 2.45) is 5.92 Å². The van der Waals surface area contributed by atoms with Crippen molar-refractivity contribution in [3.63, 3.8) is 0 Å². The van der Waals surface area contributed by atoms with E-state index in [1.807, 2.05) is 23.9 Å². The monoisotopic (exact) mass is 402 g/mol. The average Bonchev–Trinajstić information content (AvgIpc) is 2.89. The van der Waals surface area contributed by atoms with Gasteiger partial charge < -0.3 is 4.74 Å². The number of ketones is 1. The second-order valence-corrected chi connectivity index (χ2v) is 8.01. The molecule has 0 saturated carbocycles. The maximum atomic E-state index is 12.8. The normalized spacial score (nSPS) is 29.8. The number of thioether (sulfide) groups is 1. The van der Waals surface area contributed by atoms with Gasteiger partial charge in [-0.3, -0.25) is 4.79 Å². The number of hydrogen-bond acceptors (Lipinski definition) is 3. The molecule has 0 amide bonds. The first-order valence-electron chi connectivity index (χ1n) is 7.12. The van der Waals surface area contributed by atoms with Crippen LogP contribution in [-0.4, -0.2) is 29.5 Å². The molecule has 0 aliphatic carbocycles. The van der Waals surface area contributed by atoms with Gasteiger partial charge in [-0.1, -0.05) is 18.2 Å². The summed E-state index contributed by atoms with van der Waals surface area (Å²) in [6.45, 7) is 2.80. The van der Waals surface area contributed by atoms with Crippen molar-refractivity contribution < 1.29 is 9.53 Å². The van der Waals surface area contributed by atoms with E-state index in [2.05, 4.69) is 35.6 Å². The van der Waals surface area contributed by atoms with Crippen molar-refractivity contribution >= 4 is 40.1 Å². The van der Waals surface area contributed by atoms with Gasteiger partial charge in [-0.25, -0.2) is 0 Å². The van der Waals surface area contributed by atoms with E-state index in [-0.39, 0.29) is 11.5 Å². The molecule has 0 N–H and O–H groups in total. The Morgan fingerprint density at radius 2 is 2.35 bits per heavy atom. The van der Waals surface area contributed by atoms with Gasteiger partial charge in [0.25, 0.3) is 0 Å². The van der Waals surface area contributed by atoms with Gasteiger partial charge in [0.1, 0.15) is 0 Å². The third kappa shape index (κ3) is 2.79. The van der Waals surface area contributed by atoms with Crippen LogP contribution in [0.25, 0.3) is 0 Å². The minimum absolute atomic E-state index is 0.0154. The van der Waals surface area contributed by atoms with E-state index in [0.717, 1.165) is 40.8 Å². The first-order chi connectivity index (χ1) is 9.61. The summed E-state index contributed by atoms with van der Waals surface area (Å²) in [5.41, 5.74) is 2.08. The minimum Gasteiger partial charge on any atom is -0.374 e. The van der Waals surface area contributed by atoms with Crippen LogP contribution >= 0.6 is 34.4 Å². The molecule has 0 bridgehead atoms. The lowest BCUT2D eigenvalue weighted by atomic mass is 9.81. The molecule has 2 saturated heterocycles. The molecule has 2 atom stereocenters. The van der Waals surface area contributed by atoms with E-state index < -0.39 is 0 Å². The Kier molecular flexibility index (Phi) is 4.43. The van der Waals surface area contributed by atoms with Gasteiger partial charge in [0.2, 0.25) is 0 Å². The zero-order chi connectivity index (χ0) is 14.2. The van der Waals surface area contributed by atoms with E-state index in [9.17, 15) is 4.79 Å². The number of carbonyl (C=O) groups excluding carboxylic acids is 1. The zero-order valence-corrected chi connectivity index (χ0v) is 14.6. The summed E-state index contributed by atoms with van der Waals surface area (Å²) in [5, 5.41) is 0. The van der Waals surface area contributed by atoms with Crippen LogP contribution in [0.2, 0.25) is 0 Å². The highest BCUT2D eigenvalue weighted by Gasteiger charge is 2.42. The van der Waals surface area contributed by atoms with Crippen molar-refractivity contribution in [1.82, 2.24) is 0 Å². The van der Waals surface area contributed by atoms with Crippen LogP contribution in [0.3, 0.4) is 0 Å². The molecule has 4 heteroatoms. The maximum absolute atomic E-state index is 12.8. The molecular formula is C16H19IO2S. The highest BCUT2D eigenvalue weighted by molar-refractivity contribution is 14.1. The predicted molar refractivity (Wildman–Crippen MR) is 91.6 cm³/mol. The van der Waals surface area contributed by atoms with Gasteiger partial charge in [0.05, 0.1) is 5.60 Å². The number of aryl methyl sites for hydroxylation is 1. The number of rotatable bonds is 2. The lowest BCUT2D eigenvalue weighted by Crippen LogP contribution is -2.42. The molecule has 0 aromatic heterocycles. The van der Waals surface area contributed by atoms with Crippen LogP contribution in [0.4, 0.5) is 0 Å². The van der Waals surface area contributed by atoms with Gasteiger partial charge in [-0.2, -0.15) is 11.8 Å². The number of benzene rings is 1. The predicted octanol–water partition coefficient (Wildman–Crippen LogP) is 4.08. The molecule has 1 spiro atoms. The van der Waals surface area contributed by atoms with Crippen LogP contribution in [0.15, 0.2) is 18.2 Å². The van der Waals surface area contributed by atoms with E-state index in [1.165, 1.54) is 11.3 Å². The average molecular weight is 402 g/mol. The number of halogens is 1. The fourth-order valence-corrected chi connectivity index (χ4v) is 5.18. The van der Waals surface area contributed by atoms with Crippen LogP contribution in [0.5, 0.6) is 0 Å². The lowest BCUT2D eigenvalue weighted by Gasteiger charge is -2.37. The highest BCUT2D eigenvalue weighted by atomic mass is 127. The molecule has 3 rings (SSSR count). The molecular weight excluding hydrogens is 383 g/mol. The van der Waals surface area contributed by atoms with E-state index in [1.54, 1.807) is 0 Å². The van der Waals surface area contributed by atoms with E-state index in [4.69, 9.17) is 4.74 Å². The van der Waals surface area contributed by atoms with Crippen molar-refractivity contribution in [3.8, 4) is 0 Å².